The SMILES string of the molecule is Cc1cc(C(=O)N2CCCC(c3nccs3)C2)cc(C)c1OCc1cccnc1. The summed E-state index contributed by atoms with van der Waals surface area (Å²) in [5, 5.41) is 3.14. The number of amides is 1. The van der Waals surface area contributed by atoms with Crippen LogP contribution in [0.15, 0.2) is 48.2 Å². The summed E-state index contributed by atoms with van der Waals surface area (Å²) in [6.45, 7) is 6.00. The summed E-state index contributed by atoms with van der Waals surface area (Å²) in [6.07, 6.45) is 7.51. The molecular formula is C23H25N3O2S. The highest BCUT2D eigenvalue weighted by molar-refractivity contribution is 7.09. The van der Waals surface area contributed by atoms with Crippen LogP contribution in [-0.2, 0) is 6.61 Å². The van der Waals surface area contributed by atoms with Gasteiger partial charge in [-0.05, 0) is 56.0 Å². The van der Waals surface area contributed by atoms with Crippen LogP contribution in [0.4, 0.5) is 0 Å². The second kappa shape index (κ2) is 8.74. The van der Waals surface area contributed by atoms with E-state index >= 15 is 0 Å². The van der Waals surface area contributed by atoms with Gasteiger partial charge in [-0.1, -0.05) is 6.07 Å². The lowest BCUT2D eigenvalue weighted by atomic mass is 9.97. The van der Waals surface area contributed by atoms with E-state index in [1.807, 2.05) is 54.6 Å². The lowest BCUT2D eigenvalue weighted by Gasteiger charge is -2.32. The number of piperidine rings is 1. The summed E-state index contributed by atoms with van der Waals surface area (Å²) < 4.78 is 6.03. The first-order valence-corrected chi connectivity index (χ1v) is 10.8. The lowest BCUT2D eigenvalue weighted by molar-refractivity contribution is 0.0707. The summed E-state index contributed by atoms with van der Waals surface area (Å²) in [6, 6.07) is 7.78. The van der Waals surface area contributed by atoms with Crippen molar-refractivity contribution >= 4 is 17.2 Å². The Morgan fingerprint density at radius 1 is 1.28 bits per heavy atom. The quantitative estimate of drug-likeness (QED) is 0.612. The van der Waals surface area contributed by atoms with Crippen LogP contribution >= 0.6 is 11.3 Å². The Morgan fingerprint density at radius 2 is 2.10 bits per heavy atom. The van der Waals surface area contributed by atoms with Crippen molar-refractivity contribution < 1.29 is 9.53 Å². The fraction of sp³-hybridized carbons (Fsp3) is 0.348. The van der Waals surface area contributed by atoms with E-state index in [-0.39, 0.29) is 5.91 Å². The van der Waals surface area contributed by atoms with Crippen LogP contribution in [0.2, 0.25) is 0 Å². The summed E-state index contributed by atoms with van der Waals surface area (Å²) >= 11 is 1.68. The van der Waals surface area contributed by atoms with E-state index in [9.17, 15) is 4.79 Å². The molecule has 3 aromatic rings. The molecule has 1 atom stereocenters. The number of benzene rings is 1. The molecule has 0 radical (unpaired) electrons. The molecule has 1 saturated heterocycles. The topological polar surface area (TPSA) is 55.3 Å². The van der Waals surface area contributed by atoms with Crippen molar-refractivity contribution in [2.24, 2.45) is 0 Å². The first-order chi connectivity index (χ1) is 14.1. The molecule has 2 aromatic heterocycles. The van der Waals surface area contributed by atoms with Crippen LogP contribution in [0.5, 0.6) is 5.75 Å². The van der Waals surface area contributed by atoms with Gasteiger partial charge in [0.05, 0.1) is 5.01 Å². The normalized spacial score (nSPS) is 16.6. The summed E-state index contributed by atoms with van der Waals surface area (Å²) in [5.74, 6) is 1.28. The number of thiazole rings is 1. The minimum atomic E-state index is 0.0938. The molecule has 1 aliphatic heterocycles. The highest BCUT2D eigenvalue weighted by Crippen LogP contribution is 2.30. The number of carbonyl (C=O) groups excluding carboxylic acids is 1. The Hall–Kier alpha value is -2.73. The number of hydrogen-bond acceptors (Lipinski definition) is 5. The third kappa shape index (κ3) is 4.48. The highest BCUT2D eigenvalue weighted by Gasteiger charge is 2.27. The third-order valence-corrected chi connectivity index (χ3v) is 6.26. The van der Waals surface area contributed by atoms with E-state index < -0.39 is 0 Å². The molecule has 150 valence electrons. The van der Waals surface area contributed by atoms with Crippen LogP contribution < -0.4 is 4.74 Å². The van der Waals surface area contributed by atoms with Crippen LogP contribution in [0, 0.1) is 13.8 Å². The van der Waals surface area contributed by atoms with E-state index in [4.69, 9.17) is 4.74 Å². The van der Waals surface area contributed by atoms with Gasteiger partial charge in [0.15, 0.2) is 0 Å². The molecule has 0 spiro atoms. The van der Waals surface area contributed by atoms with E-state index in [0.29, 0.717) is 12.5 Å². The van der Waals surface area contributed by atoms with Gasteiger partial charge >= 0.3 is 0 Å². The molecule has 1 unspecified atom stereocenters. The van der Waals surface area contributed by atoms with Crippen LogP contribution in [0.25, 0.3) is 0 Å². The molecule has 3 heterocycles. The number of nitrogens with zero attached hydrogens (tertiary/aromatic N) is 3. The maximum absolute atomic E-state index is 13.2. The van der Waals surface area contributed by atoms with Crippen molar-refractivity contribution in [2.45, 2.75) is 39.2 Å². The Bertz CT molecular complexity index is 950. The first-order valence-electron chi connectivity index (χ1n) is 9.93. The van der Waals surface area contributed by atoms with E-state index in [2.05, 4.69) is 9.97 Å². The standard InChI is InChI=1S/C23H25N3O2S/c1-16-11-20(12-17(2)21(16)28-15-18-5-3-7-24-13-18)23(27)26-9-4-6-19(14-26)22-25-8-10-29-22/h3,5,7-8,10-13,19H,4,6,9,14-15H2,1-2H3. The molecule has 1 amide bonds. The number of ether oxygens (including phenoxy) is 1. The van der Waals surface area contributed by atoms with Gasteiger partial charge in [0.25, 0.3) is 5.91 Å². The van der Waals surface area contributed by atoms with Crippen LogP contribution in [0.3, 0.4) is 0 Å². The Morgan fingerprint density at radius 3 is 2.79 bits per heavy atom. The van der Waals surface area contributed by atoms with Gasteiger partial charge in [-0.2, -0.15) is 0 Å². The number of pyridine rings is 1. The van der Waals surface area contributed by atoms with Crippen LogP contribution in [-0.4, -0.2) is 33.9 Å². The molecule has 0 saturated carbocycles. The lowest BCUT2D eigenvalue weighted by Crippen LogP contribution is -2.39. The first kappa shape index (κ1) is 19.6. The van der Waals surface area contributed by atoms with Crippen molar-refractivity contribution in [3.05, 3.63) is 75.5 Å². The summed E-state index contributed by atoms with van der Waals surface area (Å²) in [4.78, 5) is 23.7. The fourth-order valence-electron chi connectivity index (χ4n) is 3.92. The zero-order valence-electron chi connectivity index (χ0n) is 16.8. The summed E-state index contributed by atoms with van der Waals surface area (Å²) in [7, 11) is 0. The fourth-order valence-corrected chi connectivity index (χ4v) is 4.69. The Labute approximate surface area is 175 Å². The van der Waals surface area contributed by atoms with Gasteiger partial charge in [0.2, 0.25) is 0 Å². The van der Waals surface area contributed by atoms with Gasteiger partial charge in [0, 0.05) is 54.1 Å². The van der Waals surface area contributed by atoms with E-state index in [0.717, 1.165) is 58.9 Å². The predicted molar refractivity (Wildman–Crippen MR) is 114 cm³/mol. The Kier molecular flexibility index (Phi) is 5.90. The number of rotatable bonds is 5. The number of aryl methyl sites for hydroxylation is 2. The van der Waals surface area contributed by atoms with Crippen molar-refractivity contribution in [3.63, 3.8) is 0 Å². The molecule has 29 heavy (non-hydrogen) atoms. The highest BCUT2D eigenvalue weighted by atomic mass is 32.1. The zero-order chi connectivity index (χ0) is 20.2. The average molecular weight is 408 g/mol. The smallest absolute Gasteiger partial charge is 0.253 e. The van der Waals surface area contributed by atoms with Crippen molar-refractivity contribution in [2.75, 3.05) is 13.1 Å². The van der Waals surface area contributed by atoms with Gasteiger partial charge in [-0.3, -0.25) is 9.78 Å². The van der Waals surface area contributed by atoms with Crippen molar-refractivity contribution in [3.8, 4) is 5.75 Å². The molecule has 1 aromatic carbocycles. The van der Waals surface area contributed by atoms with Crippen molar-refractivity contribution in [1.82, 2.24) is 14.9 Å². The Balaban J connectivity index is 1.47. The molecule has 0 N–H and O–H groups in total. The van der Waals surface area contributed by atoms with Crippen molar-refractivity contribution in [1.29, 1.82) is 0 Å². The minimum Gasteiger partial charge on any atom is -0.488 e. The van der Waals surface area contributed by atoms with Gasteiger partial charge in [-0.25, -0.2) is 4.98 Å². The second-order valence-electron chi connectivity index (χ2n) is 7.55. The third-order valence-electron chi connectivity index (χ3n) is 5.32. The number of carbonyl (C=O) groups is 1. The van der Waals surface area contributed by atoms with E-state index in [1.165, 1.54) is 0 Å². The molecule has 1 fully saturated rings. The molecule has 0 aliphatic carbocycles. The maximum atomic E-state index is 13.2. The number of likely N-dealkylation sites (tertiary alicyclic amines) is 1. The van der Waals surface area contributed by atoms with E-state index in [1.54, 1.807) is 23.7 Å². The van der Waals surface area contributed by atoms with Crippen LogP contribution in [0.1, 0.15) is 50.8 Å². The van der Waals surface area contributed by atoms with Gasteiger partial charge < -0.3 is 9.64 Å². The molecule has 6 heteroatoms. The van der Waals surface area contributed by atoms with Gasteiger partial charge in [0.1, 0.15) is 12.4 Å². The molecule has 1 aliphatic rings. The average Bonchev–Trinajstić information content (AvgIpc) is 3.28. The second-order valence-corrected chi connectivity index (χ2v) is 8.48. The minimum absolute atomic E-state index is 0.0938. The largest absolute Gasteiger partial charge is 0.488 e. The molecule has 0 bridgehead atoms. The number of aromatic nitrogens is 2. The number of hydrogen-bond donors (Lipinski definition) is 0. The predicted octanol–water partition coefficient (Wildman–Crippen LogP) is 4.75. The summed E-state index contributed by atoms with van der Waals surface area (Å²) in [5.41, 5.74) is 3.71. The monoisotopic (exact) mass is 407 g/mol. The zero-order valence-corrected chi connectivity index (χ0v) is 17.6. The molecule has 4 rings (SSSR count). The molecule has 5 nitrogen and oxygen atoms in total. The maximum Gasteiger partial charge on any atom is 0.253 e. The van der Waals surface area contributed by atoms with Gasteiger partial charge in [-0.15, -0.1) is 11.3 Å². The molecular weight excluding hydrogens is 382 g/mol.